The fourth-order valence-electron chi connectivity index (χ4n) is 6.36. The van der Waals surface area contributed by atoms with Gasteiger partial charge in [-0.2, -0.15) is 0 Å². The van der Waals surface area contributed by atoms with Crippen LogP contribution in [0.25, 0.3) is 0 Å². The Hall–Kier alpha value is -1.16. The molecule has 4 aliphatic carbocycles. The van der Waals surface area contributed by atoms with Crippen molar-refractivity contribution in [1.29, 1.82) is 0 Å². The van der Waals surface area contributed by atoms with Crippen LogP contribution in [0.1, 0.15) is 59.3 Å². The van der Waals surface area contributed by atoms with Crippen molar-refractivity contribution in [2.75, 3.05) is 0 Å². The quantitative estimate of drug-likeness (QED) is 0.573. The normalized spacial score (nSPS) is 48.6. The number of allylic oxidation sites excluding steroid dienone is 2. The first-order valence-electron chi connectivity index (χ1n) is 9.67. The average molecular weight is 348 g/mol. The van der Waals surface area contributed by atoms with Gasteiger partial charge in [0.15, 0.2) is 0 Å². The summed E-state index contributed by atoms with van der Waals surface area (Å²) in [6, 6.07) is 0. The number of hydrogen-bond acceptors (Lipinski definition) is 3. The highest BCUT2D eigenvalue weighted by molar-refractivity contribution is 5.66. The Kier molecular flexibility index (Phi) is 3.91. The second kappa shape index (κ2) is 5.67. The first-order valence-corrected chi connectivity index (χ1v) is 9.67. The molecule has 0 saturated heterocycles. The van der Waals surface area contributed by atoms with Crippen molar-refractivity contribution in [1.82, 2.24) is 0 Å². The molecule has 138 valence electrons. The van der Waals surface area contributed by atoms with Crippen LogP contribution >= 0.6 is 0 Å². The molecular formula is C21H29FO3. The summed E-state index contributed by atoms with van der Waals surface area (Å²) < 4.78 is 20.2. The molecule has 0 spiro atoms. The molecule has 2 saturated carbocycles. The standard InChI is InChI=1S/C21H29FO3/c1-12(23)25-19-18(22)11-17-15-5-4-13-10-14(24)6-8-20(13,2)16(15)7-9-21(17,19)3/h6,8,13-14,16,18-19,24H,4-5,7,9-11H2,1-3H3/t13-,14?,16+,18-,19+,20+,21+/m1/s1. The van der Waals surface area contributed by atoms with Crippen molar-refractivity contribution < 1.29 is 19.0 Å². The minimum atomic E-state index is -1.09. The Balaban J connectivity index is 1.74. The smallest absolute Gasteiger partial charge is 0.303 e. The van der Waals surface area contributed by atoms with Gasteiger partial charge in [0.1, 0.15) is 12.3 Å². The summed E-state index contributed by atoms with van der Waals surface area (Å²) in [5.41, 5.74) is 2.36. The Morgan fingerprint density at radius 2 is 2.12 bits per heavy atom. The van der Waals surface area contributed by atoms with E-state index in [0.717, 1.165) is 32.1 Å². The van der Waals surface area contributed by atoms with Gasteiger partial charge in [-0.1, -0.05) is 37.1 Å². The van der Waals surface area contributed by atoms with Gasteiger partial charge in [0, 0.05) is 18.8 Å². The maximum absolute atomic E-state index is 14.8. The SMILES string of the molecule is CC(=O)O[C@H]1[C@H](F)CC2=C3CC[C@@H]4CC(O)C=C[C@]4(C)[C@H]3CC[C@@]21C. The van der Waals surface area contributed by atoms with Gasteiger partial charge in [0.05, 0.1) is 6.10 Å². The van der Waals surface area contributed by atoms with E-state index in [2.05, 4.69) is 19.9 Å². The molecule has 0 aliphatic heterocycles. The number of aliphatic hydroxyl groups excluding tert-OH is 1. The summed E-state index contributed by atoms with van der Waals surface area (Å²) in [6.45, 7) is 5.78. The largest absolute Gasteiger partial charge is 0.459 e. The van der Waals surface area contributed by atoms with Crippen molar-refractivity contribution in [3.8, 4) is 0 Å². The number of alkyl halides is 1. The molecule has 25 heavy (non-hydrogen) atoms. The van der Waals surface area contributed by atoms with Gasteiger partial charge in [-0.05, 0) is 49.4 Å². The van der Waals surface area contributed by atoms with E-state index in [1.54, 1.807) is 0 Å². The average Bonchev–Trinajstić information content (AvgIpc) is 2.79. The third kappa shape index (κ3) is 2.43. The summed E-state index contributed by atoms with van der Waals surface area (Å²) in [5, 5.41) is 10.0. The molecule has 2 fully saturated rings. The molecule has 1 N–H and O–H groups in total. The number of carbonyl (C=O) groups is 1. The van der Waals surface area contributed by atoms with Crippen LogP contribution in [0.15, 0.2) is 23.3 Å². The highest BCUT2D eigenvalue weighted by Gasteiger charge is 2.58. The van der Waals surface area contributed by atoms with Gasteiger partial charge < -0.3 is 9.84 Å². The molecule has 0 amide bonds. The minimum absolute atomic E-state index is 0.0620. The lowest BCUT2D eigenvalue weighted by atomic mass is 9.51. The zero-order valence-corrected chi connectivity index (χ0v) is 15.4. The van der Waals surface area contributed by atoms with Gasteiger partial charge in [-0.15, -0.1) is 0 Å². The third-order valence-corrected chi connectivity index (χ3v) is 7.69. The van der Waals surface area contributed by atoms with E-state index in [1.165, 1.54) is 18.1 Å². The van der Waals surface area contributed by atoms with Gasteiger partial charge in [-0.3, -0.25) is 4.79 Å². The lowest BCUT2D eigenvalue weighted by Crippen LogP contribution is -2.47. The van der Waals surface area contributed by atoms with Gasteiger partial charge in [0.25, 0.3) is 0 Å². The Morgan fingerprint density at radius 1 is 1.36 bits per heavy atom. The van der Waals surface area contributed by atoms with E-state index in [4.69, 9.17) is 4.74 Å². The number of fused-ring (bicyclic) bond motifs is 4. The van der Waals surface area contributed by atoms with Gasteiger partial charge in [-0.25, -0.2) is 4.39 Å². The first-order chi connectivity index (χ1) is 11.8. The number of halogens is 1. The molecule has 0 bridgehead atoms. The van der Waals surface area contributed by atoms with Crippen molar-refractivity contribution in [3.05, 3.63) is 23.3 Å². The van der Waals surface area contributed by atoms with Crippen LogP contribution in [0.2, 0.25) is 0 Å². The fourth-order valence-corrected chi connectivity index (χ4v) is 6.36. The Labute approximate surface area is 149 Å². The fraction of sp³-hybridized carbons (Fsp3) is 0.762. The first kappa shape index (κ1) is 17.3. The molecule has 4 heteroatoms. The van der Waals surface area contributed by atoms with Crippen LogP contribution in [0.4, 0.5) is 4.39 Å². The second-order valence-corrected chi connectivity index (χ2v) is 9.03. The van der Waals surface area contributed by atoms with Gasteiger partial charge in [0.2, 0.25) is 0 Å². The number of hydrogen-bond donors (Lipinski definition) is 1. The van der Waals surface area contributed by atoms with Crippen molar-refractivity contribution in [2.24, 2.45) is 22.7 Å². The highest BCUT2D eigenvalue weighted by atomic mass is 19.1. The zero-order chi connectivity index (χ0) is 18.0. The molecule has 4 aliphatic rings. The second-order valence-electron chi connectivity index (χ2n) is 9.03. The number of rotatable bonds is 1. The molecule has 3 nitrogen and oxygen atoms in total. The lowest BCUT2D eigenvalue weighted by Gasteiger charge is -2.54. The van der Waals surface area contributed by atoms with E-state index in [-0.39, 0.29) is 22.9 Å². The van der Waals surface area contributed by atoms with Crippen LogP contribution < -0.4 is 0 Å². The van der Waals surface area contributed by atoms with Crippen LogP contribution in [0, 0.1) is 22.7 Å². The minimum Gasteiger partial charge on any atom is -0.459 e. The molecule has 0 aromatic rings. The molecule has 0 aromatic heterocycles. The maximum atomic E-state index is 14.8. The van der Waals surface area contributed by atoms with Crippen LogP contribution in [0.5, 0.6) is 0 Å². The maximum Gasteiger partial charge on any atom is 0.303 e. The third-order valence-electron chi connectivity index (χ3n) is 7.69. The monoisotopic (exact) mass is 348 g/mol. The van der Waals surface area contributed by atoms with Crippen molar-refractivity contribution in [2.45, 2.75) is 77.7 Å². The van der Waals surface area contributed by atoms with Crippen molar-refractivity contribution >= 4 is 5.97 Å². The van der Waals surface area contributed by atoms with Crippen LogP contribution in [-0.2, 0) is 9.53 Å². The van der Waals surface area contributed by atoms with Gasteiger partial charge >= 0.3 is 5.97 Å². The number of esters is 1. The number of aliphatic hydroxyl groups is 1. The topological polar surface area (TPSA) is 46.5 Å². The van der Waals surface area contributed by atoms with E-state index in [9.17, 15) is 14.3 Å². The zero-order valence-electron chi connectivity index (χ0n) is 15.4. The summed E-state index contributed by atoms with van der Waals surface area (Å²) in [5.74, 6) is 0.543. The summed E-state index contributed by atoms with van der Waals surface area (Å²) in [4.78, 5) is 11.5. The molecule has 0 aromatic carbocycles. The molecular weight excluding hydrogens is 319 g/mol. The molecule has 0 heterocycles. The number of ether oxygens (including phenoxy) is 1. The summed E-state index contributed by atoms with van der Waals surface area (Å²) >= 11 is 0. The number of carbonyl (C=O) groups excluding carboxylic acids is 1. The highest BCUT2D eigenvalue weighted by Crippen LogP contribution is 2.63. The molecule has 0 radical (unpaired) electrons. The van der Waals surface area contributed by atoms with E-state index in [1.807, 2.05) is 6.08 Å². The van der Waals surface area contributed by atoms with Crippen LogP contribution in [0.3, 0.4) is 0 Å². The van der Waals surface area contributed by atoms with E-state index < -0.39 is 12.3 Å². The molecule has 1 unspecified atom stereocenters. The van der Waals surface area contributed by atoms with Crippen molar-refractivity contribution in [3.63, 3.8) is 0 Å². The predicted molar refractivity (Wildman–Crippen MR) is 93.5 cm³/mol. The molecule has 7 atom stereocenters. The molecule has 4 rings (SSSR count). The Morgan fingerprint density at radius 3 is 2.84 bits per heavy atom. The van der Waals surface area contributed by atoms with E-state index in [0.29, 0.717) is 18.3 Å². The lowest BCUT2D eigenvalue weighted by molar-refractivity contribution is -0.154. The van der Waals surface area contributed by atoms with E-state index >= 15 is 0 Å². The summed E-state index contributed by atoms with van der Waals surface area (Å²) in [6.07, 6.45) is 7.30. The Bertz CT molecular complexity index is 654. The predicted octanol–water partition coefficient (Wildman–Crippen LogP) is 4.11. The summed E-state index contributed by atoms with van der Waals surface area (Å²) in [7, 11) is 0. The van der Waals surface area contributed by atoms with Crippen LogP contribution in [-0.4, -0.2) is 29.5 Å².